The van der Waals surface area contributed by atoms with Crippen LogP contribution in [0.5, 0.6) is 0 Å². The second kappa shape index (κ2) is 9.04. The number of hydrogen-bond donors (Lipinski definition) is 2. The summed E-state index contributed by atoms with van der Waals surface area (Å²) in [5.74, 6) is 0.175. The van der Waals surface area contributed by atoms with E-state index in [-0.39, 0.29) is 17.9 Å². The van der Waals surface area contributed by atoms with Crippen LogP contribution in [0.1, 0.15) is 40.2 Å². The highest BCUT2D eigenvalue weighted by atomic mass is 79.9. The Hall–Kier alpha value is -2.34. The van der Waals surface area contributed by atoms with Gasteiger partial charge < -0.3 is 15.5 Å². The smallest absolute Gasteiger partial charge is 0.317 e. The van der Waals surface area contributed by atoms with E-state index in [1.165, 1.54) is 0 Å². The summed E-state index contributed by atoms with van der Waals surface area (Å²) in [6.45, 7) is 1.96. The zero-order valence-electron chi connectivity index (χ0n) is 15.4. The van der Waals surface area contributed by atoms with Gasteiger partial charge in [-0.15, -0.1) is 0 Å². The molecule has 2 N–H and O–H groups in total. The third-order valence-corrected chi connectivity index (χ3v) is 5.44. The van der Waals surface area contributed by atoms with Crippen molar-refractivity contribution in [1.29, 1.82) is 0 Å². The van der Waals surface area contributed by atoms with Crippen molar-refractivity contribution in [2.24, 2.45) is 0 Å². The molecular weight excluding hydrogens is 406 g/mol. The van der Waals surface area contributed by atoms with E-state index < -0.39 is 0 Å². The minimum atomic E-state index is -0.0845. The minimum Gasteiger partial charge on any atom is -0.348 e. The summed E-state index contributed by atoms with van der Waals surface area (Å²) in [5.41, 5.74) is 2.82. The molecule has 0 bridgehead atoms. The van der Waals surface area contributed by atoms with Crippen LogP contribution in [-0.2, 0) is 6.54 Å². The predicted octanol–water partition coefficient (Wildman–Crippen LogP) is 3.90. The number of benzene rings is 2. The van der Waals surface area contributed by atoms with Gasteiger partial charge in [-0.05, 0) is 48.2 Å². The SMILES string of the molecule is CNC(=O)N1CCC[C@@H](c2cccc(C(=O)NCc3ccc(Br)cc3)c2)C1. The first-order valence-electron chi connectivity index (χ1n) is 9.16. The summed E-state index contributed by atoms with van der Waals surface area (Å²) in [7, 11) is 1.66. The monoisotopic (exact) mass is 429 g/mol. The van der Waals surface area contributed by atoms with Crippen molar-refractivity contribution in [1.82, 2.24) is 15.5 Å². The number of halogens is 1. The summed E-state index contributed by atoms with van der Waals surface area (Å²) < 4.78 is 1.02. The Bertz CT molecular complexity index is 807. The molecule has 6 heteroatoms. The molecule has 0 aromatic heterocycles. The summed E-state index contributed by atoms with van der Waals surface area (Å²) in [5, 5.41) is 5.66. The lowest BCUT2D eigenvalue weighted by Crippen LogP contribution is -2.43. The number of likely N-dealkylation sites (tertiary alicyclic amines) is 1. The molecule has 0 radical (unpaired) electrons. The molecule has 142 valence electrons. The van der Waals surface area contributed by atoms with Gasteiger partial charge in [-0.25, -0.2) is 4.79 Å². The van der Waals surface area contributed by atoms with Crippen molar-refractivity contribution in [2.45, 2.75) is 25.3 Å². The molecule has 0 unspecified atom stereocenters. The van der Waals surface area contributed by atoms with Gasteiger partial charge in [0.25, 0.3) is 5.91 Å². The van der Waals surface area contributed by atoms with Crippen molar-refractivity contribution < 1.29 is 9.59 Å². The lowest BCUT2D eigenvalue weighted by atomic mass is 9.89. The van der Waals surface area contributed by atoms with E-state index >= 15 is 0 Å². The van der Waals surface area contributed by atoms with Crippen LogP contribution in [0.2, 0.25) is 0 Å². The number of rotatable bonds is 4. The molecule has 5 nitrogen and oxygen atoms in total. The molecular formula is C21H24BrN3O2. The van der Waals surface area contributed by atoms with Crippen molar-refractivity contribution in [2.75, 3.05) is 20.1 Å². The normalized spacial score (nSPS) is 16.7. The number of amides is 3. The minimum absolute atomic E-state index is 0.0388. The third-order valence-electron chi connectivity index (χ3n) is 4.91. The first-order chi connectivity index (χ1) is 13.1. The van der Waals surface area contributed by atoms with Gasteiger partial charge in [0.05, 0.1) is 0 Å². The second-order valence-corrected chi connectivity index (χ2v) is 7.69. The van der Waals surface area contributed by atoms with Gasteiger partial charge >= 0.3 is 6.03 Å². The van der Waals surface area contributed by atoms with Gasteiger partial charge in [0, 0.05) is 42.6 Å². The van der Waals surface area contributed by atoms with Crippen molar-refractivity contribution in [3.63, 3.8) is 0 Å². The number of nitrogens with zero attached hydrogens (tertiary/aromatic N) is 1. The Balaban J connectivity index is 1.64. The summed E-state index contributed by atoms with van der Waals surface area (Å²) in [6.07, 6.45) is 2.00. The number of carbonyl (C=O) groups is 2. The Morgan fingerprint density at radius 3 is 2.70 bits per heavy atom. The number of hydrogen-bond acceptors (Lipinski definition) is 2. The summed E-state index contributed by atoms with van der Waals surface area (Å²) in [6, 6.07) is 15.6. The molecule has 1 atom stereocenters. The Kier molecular flexibility index (Phi) is 6.50. The fraction of sp³-hybridized carbons (Fsp3) is 0.333. The van der Waals surface area contributed by atoms with Crippen LogP contribution in [0.15, 0.2) is 53.0 Å². The molecule has 1 saturated heterocycles. The quantitative estimate of drug-likeness (QED) is 0.773. The highest BCUT2D eigenvalue weighted by molar-refractivity contribution is 9.10. The fourth-order valence-corrected chi connectivity index (χ4v) is 3.68. The van der Waals surface area contributed by atoms with Crippen molar-refractivity contribution in [3.05, 3.63) is 69.7 Å². The van der Waals surface area contributed by atoms with Crippen LogP contribution >= 0.6 is 15.9 Å². The lowest BCUT2D eigenvalue weighted by molar-refractivity contribution is 0.0950. The average molecular weight is 430 g/mol. The predicted molar refractivity (Wildman–Crippen MR) is 110 cm³/mol. The van der Waals surface area contributed by atoms with E-state index in [9.17, 15) is 9.59 Å². The van der Waals surface area contributed by atoms with Crippen LogP contribution in [0.25, 0.3) is 0 Å². The number of nitrogens with one attached hydrogen (secondary N) is 2. The van der Waals surface area contributed by atoms with E-state index in [2.05, 4.69) is 26.6 Å². The molecule has 0 spiro atoms. The molecule has 1 aliphatic heterocycles. The van der Waals surface area contributed by atoms with Gasteiger partial charge in [0.1, 0.15) is 0 Å². The van der Waals surface area contributed by atoms with E-state index in [1.54, 1.807) is 7.05 Å². The van der Waals surface area contributed by atoms with Crippen molar-refractivity contribution in [3.8, 4) is 0 Å². The topological polar surface area (TPSA) is 61.4 Å². The van der Waals surface area contributed by atoms with Crippen LogP contribution in [0, 0.1) is 0 Å². The highest BCUT2D eigenvalue weighted by Gasteiger charge is 2.24. The van der Waals surface area contributed by atoms with Gasteiger partial charge in [-0.2, -0.15) is 0 Å². The van der Waals surface area contributed by atoms with Crippen LogP contribution in [-0.4, -0.2) is 37.0 Å². The Morgan fingerprint density at radius 1 is 1.19 bits per heavy atom. The zero-order valence-corrected chi connectivity index (χ0v) is 17.0. The largest absolute Gasteiger partial charge is 0.348 e. The maximum atomic E-state index is 12.5. The van der Waals surface area contributed by atoms with Crippen LogP contribution < -0.4 is 10.6 Å². The van der Waals surface area contributed by atoms with E-state index in [0.717, 1.165) is 35.0 Å². The molecule has 1 heterocycles. The van der Waals surface area contributed by atoms with Gasteiger partial charge in [0.15, 0.2) is 0 Å². The number of piperidine rings is 1. The molecule has 2 aromatic carbocycles. The average Bonchev–Trinajstić information content (AvgIpc) is 2.72. The van der Waals surface area contributed by atoms with Crippen LogP contribution in [0.4, 0.5) is 4.79 Å². The van der Waals surface area contributed by atoms with E-state index in [1.807, 2.05) is 53.4 Å². The Labute approximate surface area is 168 Å². The van der Waals surface area contributed by atoms with Crippen LogP contribution in [0.3, 0.4) is 0 Å². The number of urea groups is 1. The maximum absolute atomic E-state index is 12.5. The van der Waals surface area contributed by atoms with E-state index in [0.29, 0.717) is 18.7 Å². The van der Waals surface area contributed by atoms with Crippen molar-refractivity contribution >= 4 is 27.9 Å². The third kappa shape index (κ3) is 5.10. The summed E-state index contributed by atoms with van der Waals surface area (Å²) >= 11 is 3.41. The first kappa shape index (κ1) is 19.4. The molecule has 0 aliphatic carbocycles. The van der Waals surface area contributed by atoms with Gasteiger partial charge in [-0.3, -0.25) is 4.79 Å². The molecule has 3 amide bonds. The fourth-order valence-electron chi connectivity index (χ4n) is 3.41. The first-order valence-corrected chi connectivity index (χ1v) is 9.95. The maximum Gasteiger partial charge on any atom is 0.317 e. The Morgan fingerprint density at radius 2 is 1.96 bits per heavy atom. The standard InChI is InChI=1S/C21H24BrN3O2/c1-23-21(27)25-11-3-6-18(14-25)16-4-2-5-17(12-16)20(26)24-13-15-7-9-19(22)10-8-15/h2,4-5,7-10,12,18H,3,6,11,13-14H2,1H3,(H,23,27)(H,24,26)/t18-/m1/s1. The highest BCUT2D eigenvalue weighted by Crippen LogP contribution is 2.27. The number of carbonyl (C=O) groups excluding carboxylic acids is 2. The zero-order chi connectivity index (χ0) is 19.2. The van der Waals surface area contributed by atoms with Gasteiger partial charge in [0.2, 0.25) is 0 Å². The second-order valence-electron chi connectivity index (χ2n) is 6.77. The molecule has 1 fully saturated rings. The summed E-state index contributed by atoms with van der Waals surface area (Å²) in [4.78, 5) is 26.3. The molecule has 0 saturated carbocycles. The molecule has 27 heavy (non-hydrogen) atoms. The molecule has 1 aliphatic rings. The van der Waals surface area contributed by atoms with E-state index in [4.69, 9.17) is 0 Å². The lowest BCUT2D eigenvalue weighted by Gasteiger charge is -2.32. The molecule has 3 rings (SSSR count). The molecule has 2 aromatic rings. The van der Waals surface area contributed by atoms with Gasteiger partial charge in [-0.1, -0.05) is 40.2 Å².